The maximum Gasteiger partial charge on any atom is 0.179 e. The van der Waals surface area contributed by atoms with Gasteiger partial charge in [-0.15, -0.1) is 0 Å². The second-order valence-electron chi connectivity index (χ2n) is 14.4. The van der Waals surface area contributed by atoms with E-state index in [2.05, 4.69) is 170 Å². The highest BCUT2D eigenvalue weighted by atomic mass is 16.4. The second kappa shape index (κ2) is 11.2. The second-order valence-corrected chi connectivity index (χ2v) is 14.4. The maximum absolute atomic E-state index is 6.62. The van der Waals surface area contributed by atoms with Gasteiger partial charge in [0.1, 0.15) is 11.2 Å². The molecule has 0 saturated carbocycles. The van der Waals surface area contributed by atoms with Crippen LogP contribution in [-0.4, -0.2) is 0 Å². The van der Waals surface area contributed by atoms with Gasteiger partial charge in [0.15, 0.2) is 11.2 Å². The van der Waals surface area contributed by atoms with Crippen molar-refractivity contribution in [1.82, 2.24) is 0 Å². The largest absolute Gasteiger partial charge is 0.452 e. The Morgan fingerprint density at radius 2 is 0.796 bits per heavy atom. The fourth-order valence-electron chi connectivity index (χ4n) is 8.95. The molecule has 0 spiro atoms. The standard InChI is InChI=1S/C52H30O2/c1-2-12-31(13-3-1)48-38-16-6-8-18-40(38)49(41-19-9-7-17-39(41)48)37-25-23-34-26-36(24-22-35(34)27-37)43-30-45-44-28-32-14-4-5-15-33(32)29-47(44)54-51(45)52-50(43)42-20-10-11-21-46(42)53-52/h1-30H. The van der Waals surface area contributed by atoms with Crippen LogP contribution in [0.4, 0.5) is 0 Å². The molecular formula is C52H30O2. The molecule has 54 heavy (non-hydrogen) atoms. The van der Waals surface area contributed by atoms with Crippen molar-refractivity contribution in [1.29, 1.82) is 0 Å². The summed E-state index contributed by atoms with van der Waals surface area (Å²) in [5.74, 6) is 0. The molecule has 0 aliphatic rings. The van der Waals surface area contributed by atoms with Gasteiger partial charge in [0.05, 0.1) is 0 Å². The highest BCUT2D eigenvalue weighted by molar-refractivity contribution is 6.25. The lowest BCUT2D eigenvalue weighted by Gasteiger charge is -2.18. The van der Waals surface area contributed by atoms with Crippen LogP contribution in [0.25, 0.3) is 120 Å². The van der Waals surface area contributed by atoms with Gasteiger partial charge in [-0.2, -0.15) is 0 Å². The summed E-state index contributed by atoms with van der Waals surface area (Å²) in [5, 5.41) is 14.1. The van der Waals surface area contributed by atoms with E-state index in [4.69, 9.17) is 8.83 Å². The van der Waals surface area contributed by atoms with Crippen LogP contribution < -0.4 is 0 Å². The highest BCUT2D eigenvalue weighted by Gasteiger charge is 2.22. The molecule has 0 aliphatic heterocycles. The number of rotatable bonds is 3. The van der Waals surface area contributed by atoms with Crippen molar-refractivity contribution in [3.05, 3.63) is 182 Å². The van der Waals surface area contributed by atoms with Gasteiger partial charge in [-0.25, -0.2) is 0 Å². The van der Waals surface area contributed by atoms with Crippen molar-refractivity contribution in [2.75, 3.05) is 0 Å². The first kappa shape index (κ1) is 29.4. The molecule has 2 nitrogen and oxygen atoms in total. The Morgan fingerprint density at radius 1 is 0.278 bits per heavy atom. The normalized spacial score (nSPS) is 12.1. The summed E-state index contributed by atoms with van der Waals surface area (Å²) in [6.07, 6.45) is 0. The fourth-order valence-corrected chi connectivity index (χ4v) is 8.95. The van der Waals surface area contributed by atoms with E-state index in [1.165, 1.54) is 60.0 Å². The van der Waals surface area contributed by atoms with E-state index in [0.29, 0.717) is 0 Å². The van der Waals surface area contributed by atoms with Gasteiger partial charge in [-0.05, 0) is 113 Å². The van der Waals surface area contributed by atoms with Gasteiger partial charge >= 0.3 is 0 Å². The van der Waals surface area contributed by atoms with Crippen LogP contribution in [-0.2, 0) is 0 Å². The summed E-state index contributed by atoms with van der Waals surface area (Å²) in [6, 6.07) is 65.7. The van der Waals surface area contributed by atoms with Crippen molar-refractivity contribution in [2.24, 2.45) is 0 Å². The summed E-state index contributed by atoms with van der Waals surface area (Å²) >= 11 is 0. The fraction of sp³-hybridized carbons (Fsp3) is 0. The molecule has 0 amide bonds. The van der Waals surface area contributed by atoms with Crippen LogP contribution in [0, 0.1) is 0 Å². The third-order valence-corrected chi connectivity index (χ3v) is 11.4. The molecule has 0 bridgehead atoms. The average Bonchev–Trinajstić information content (AvgIpc) is 3.80. The van der Waals surface area contributed by atoms with Crippen molar-refractivity contribution in [2.45, 2.75) is 0 Å². The predicted octanol–water partition coefficient (Wildman–Crippen LogP) is 15.1. The molecule has 0 aliphatic carbocycles. The van der Waals surface area contributed by atoms with Gasteiger partial charge in [-0.1, -0.05) is 146 Å². The first-order chi connectivity index (χ1) is 26.8. The number of para-hydroxylation sites is 1. The Balaban J connectivity index is 1.08. The first-order valence-electron chi connectivity index (χ1n) is 18.5. The Labute approximate surface area is 310 Å². The molecule has 0 atom stereocenters. The topological polar surface area (TPSA) is 26.3 Å². The van der Waals surface area contributed by atoms with E-state index in [0.717, 1.165) is 60.4 Å². The van der Waals surface area contributed by atoms with Crippen LogP contribution in [0.15, 0.2) is 191 Å². The SMILES string of the molecule is c1ccc(-c2c3ccccc3c(-c3ccc4cc(-c5cc6c7cc8ccccc8cc7oc6c6oc7ccccc7c56)ccc4c3)c3ccccc23)cc1. The lowest BCUT2D eigenvalue weighted by Crippen LogP contribution is -1.91. The number of furan rings is 2. The highest BCUT2D eigenvalue weighted by Crippen LogP contribution is 2.47. The van der Waals surface area contributed by atoms with Gasteiger partial charge in [0, 0.05) is 21.5 Å². The Bertz CT molecular complexity index is 3430. The first-order valence-corrected chi connectivity index (χ1v) is 18.5. The molecule has 0 radical (unpaired) electrons. The third-order valence-electron chi connectivity index (χ3n) is 11.4. The molecule has 0 unspecified atom stereocenters. The number of hydrogen-bond donors (Lipinski definition) is 0. The quantitative estimate of drug-likeness (QED) is 0.173. The monoisotopic (exact) mass is 686 g/mol. The van der Waals surface area contributed by atoms with E-state index in [1.54, 1.807) is 0 Å². The Kier molecular flexibility index (Phi) is 6.09. The number of benzene rings is 10. The van der Waals surface area contributed by atoms with E-state index >= 15 is 0 Å². The van der Waals surface area contributed by atoms with Crippen molar-refractivity contribution in [3.63, 3.8) is 0 Å². The minimum Gasteiger partial charge on any atom is -0.452 e. The van der Waals surface area contributed by atoms with E-state index in [9.17, 15) is 0 Å². The summed E-state index contributed by atoms with van der Waals surface area (Å²) in [7, 11) is 0. The molecule has 0 fully saturated rings. The smallest absolute Gasteiger partial charge is 0.179 e. The van der Waals surface area contributed by atoms with Crippen LogP contribution in [0.5, 0.6) is 0 Å². The molecule has 250 valence electrons. The maximum atomic E-state index is 6.62. The van der Waals surface area contributed by atoms with Crippen LogP contribution in [0.2, 0.25) is 0 Å². The Hall–Kier alpha value is -7.16. The number of hydrogen-bond acceptors (Lipinski definition) is 2. The Morgan fingerprint density at radius 3 is 1.50 bits per heavy atom. The van der Waals surface area contributed by atoms with Crippen LogP contribution in [0.3, 0.4) is 0 Å². The number of fused-ring (bicyclic) bond motifs is 11. The summed E-state index contributed by atoms with van der Waals surface area (Å²) < 4.78 is 13.2. The molecular weight excluding hydrogens is 657 g/mol. The molecule has 0 N–H and O–H groups in total. The third kappa shape index (κ3) is 4.22. The predicted molar refractivity (Wildman–Crippen MR) is 227 cm³/mol. The molecule has 0 saturated heterocycles. The minimum absolute atomic E-state index is 0.789. The van der Waals surface area contributed by atoms with E-state index in [1.807, 2.05) is 12.1 Å². The molecule has 10 aromatic carbocycles. The van der Waals surface area contributed by atoms with Gasteiger partial charge in [-0.3, -0.25) is 0 Å². The van der Waals surface area contributed by atoms with E-state index in [-0.39, 0.29) is 0 Å². The zero-order valence-electron chi connectivity index (χ0n) is 29.1. The zero-order chi connectivity index (χ0) is 35.3. The minimum atomic E-state index is 0.789. The van der Waals surface area contributed by atoms with E-state index < -0.39 is 0 Å². The van der Waals surface area contributed by atoms with Gasteiger partial charge < -0.3 is 8.83 Å². The van der Waals surface area contributed by atoms with Gasteiger partial charge in [0.2, 0.25) is 0 Å². The molecule has 2 heteroatoms. The average molecular weight is 687 g/mol. The molecule has 2 aromatic heterocycles. The van der Waals surface area contributed by atoms with Gasteiger partial charge in [0.25, 0.3) is 0 Å². The summed E-state index contributed by atoms with van der Waals surface area (Å²) in [4.78, 5) is 0. The van der Waals surface area contributed by atoms with Crippen molar-refractivity contribution < 1.29 is 8.83 Å². The summed E-state index contributed by atoms with van der Waals surface area (Å²) in [5.41, 5.74) is 10.6. The van der Waals surface area contributed by atoms with Crippen LogP contribution >= 0.6 is 0 Å². The molecule has 2 heterocycles. The van der Waals surface area contributed by atoms with Crippen molar-refractivity contribution >= 4 is 87.0 Å². The molecule has 12 aromatic rings. The summed E-state index contributed by atoms with van der Waals surface area (Å²) in [6.45, 7) is 0. The molecule has 12 rings (SSSR count). The van der Waals surface area contributed by atoms with Crippen LogP contribution in [0.1, 0.15) is 0 Å². The zero-order valence-corrected chi connectivity index (χ0v) is 29.1. The lowest BCUT2D eigenvalue weighted by molar-refractivity contribution is 0.633. The van der Waals surface area contributed by atoms with Crippen molar-refractivity contribution in [3.8, 4) is 33.4 Å². The lowest BCUT2D eigenvalue weighted by atomic mass is 9.85.